The number of carbonyl (C=O) groups is 2. The van der Waals surface area contributed by atoms with E-state index in [9.17, 15) is 4.79 Å². The molecule has 0 radical (unpaired) electrons. The summed E-state index contributed by atoms with van der Waals surface area (Å²) in [7, 11) is 3.49. The molecule has 138 valence electrons. The van der Waals surface area contributed by atoms with Gasteiger partial charge >= 0.3 is 0 Å². The Balaban J connectivity index is 0.000000758. The molecular weight excluding hydrogens is 342 g/mol. The third kappa shape index (κ3) is 4.86. The molecule has 0 aliphatic carbocycles. The number of carboxylic acid groups (broad SMARTS) is 1. The Kier molecular flexibility index (Phi) is 6.80. The second kappa shape index (κ2) is 9.28. The van der Waals surface area contributed by atoms with Gasteiger partial charge in [-0.1, -0.05) is 5.16 Å². The lowest BCUT2D eigenvalue weighted by molar-refractivity contribution is -0.122. The molecule has 2 N–H and O–H groups in total. The molecule has 10 heteroatoms. The first kappa shape index (κ1) is 19.1. The highest BCUT2D eigenvalue weighted by Crippen LogP contribution is 2.12. The minimum atomic E-state index is -0.287. The zero-order valence-corrected chi connectivity index (χ0v) is 14.4. The van der Waals surface area contributed by atoms with Crippen LogP contribution in [0.2, 0.25) is 0 Å². The van der Waals surface area contributed by atoms with Gasteiger partial charge in [-0.05, 0) is 18.2 Å². The second-order valence-electron chi connectivity index (χ2n) is 5.17. The second-order valence-corrected chi connectivity index (χ2v) is 5.17. The highest BCUT2D eigenvalue weighted by molar-refractivity contribution is 5.94. The van der Waals surface area contributed by atoms with Crippen molar-refractivity contribution in [3.05, 3.63) is 41.8 Å². The largest absolute Gasteiger partial charge is 0.483 e. The molecule has 10 nitrogen and oxygen atoms in total. The van der Waals surface area contributed by atoms with E-state index in [0.29, 0.717) is 30.4 Å². The van der Waals surface area contributed by atoms with Crippen LogP contribution in [0.3, 0.4) is 0 Å². The number of fused-ring (bicyclic) bond motifs is 1. The summed E-state index contributed by atoms with van der Waals surface area (Å²) in [5, 5.41) is 14.4. The summed E-state index contributed by atoms with van der Waals surface area (Å²) in [5.74, 6) is 0.619. The molecule has 3 rings (SSSR count). The van der Waals surface area contributed by atoms with Crippen LogP contribution in [0.15, 0.2) is 28.9 Å². The Morgan fingerprint density at radius 3 is 2.88 bits per heavy atom. The topological polar surface area (TPSA) is 132 Å². The predicted molar refractivity (Wildman–Crippen MR) is 90.5 cm³/mol. The van der Waals surface area contributed by atoms with Crippen molar-refractivity contribution in [1.29, 1.82) is 0 Å². The lowest BCUT2D eigenvalue weighted by Crippen LogP contribution is -2.24. The van der Waals surface area contributed by atoms with Gasteiger partial charge in [0, 0.05) is 32.2 Å². The van der Waals surface area contributed by atoms with E-state index in [-0.39, 0.29) is 18.9 Å². The SMILES string of the molecule is COCCc1noc(CNC(=O)c2ccc3ccn(C)c3n2)n1.O=CO. The standard InChI is InChI=1S/C15H17N5O3.CH2O2/c1-20-7-5-10-3-4-11(17-14(10)20)15(21)16-9-13-18-12(19-23-13)6-8-22-2;2-1-3/h3-5,7H,6,8-9H2,1-2H3,(H,16,21);1H,(H,2,3). The number of rotatable bonds is 6. The fourth-order valence-electron chi connectivity index (χ4n) is 2.16. The predicted octanol–water partition coefficient (Wildman–Crippen LogP) is 0.776. The molecule has 0 aromatic carbocycles. The van der Waals surface area contributed by atoms with Crippen molar-refractivity contribution < 1.29 is 24.0 Å². The van der Waals surface area contributed by atoms with E-state index < -0.39 is 0 Å². The molecule has 0 atom stereocenters. The number of pyridine rings is 1. The zero-order chi connectivity index (χ0) is 18.9. The number of carbonyl (C=O) groups excluding carboxylic acids is 1. The molecule has 0 saturated carbocycles. The summed E-state index contributed by atoms with van der Waals surface area (Å²) in [6.07, 6.45) is 2.47. The van der Waals surface area contributed by atoms with Crippen molar-refractivity contribution in [2.75, 3.05) is 13.7 Å². The molecule has 26 heavy (non-hydrogen) atoms. The molecule has 0 spiro atoms. The number of methoxy groups -OCH3 is 1. The van der Waals surface area contributed by atoms with Crippen LogP contribution in [-0.4, -0.2) is 50.9 Å². The zero-order valence-electron chi connectivity index (χ0n) is 14.4. The fourth-order valence-corrected chi connectivity index (χ4v) is 2.16. The number of aryl methyl sites for hydroxylation is 1. The van der Waals surface area contributed by atoms with Gasteiger partial charge in [-0.3, -0.25) is 9.59 Å². The number of amides is 1. The Labute approximate surface area is 148 Å². The number of hydrogen-bond acceptors (Lipinski definition) is 7. The molecular formula is C16H19N5O5. The molecule has 0 aliphatic rings. The molecule has 0 aliphatic heterocycles. The van der Waals surface area contributed by atoms with Gasteiger partial charge in [-0.2, -0.15) is 4.98 Å². The van der Waals surface area contributed by atoms with Gasteiger partial charge in [0.15, 0.2) is 5.82 Å². The third-order valence-corrected chi connectivity index (χ3v) is 3.39. The van der Waals surface area contributed by atoms with Crippen LogP contribution in [0.25, 0.3) is 11.0 Å². The van der Waals surface area contributed by atoms with Crippen LogP contribution in [0.5, 0.6) is 0 Å². The quantitative estimate of drug-likeness (QED) is 0.615. The van der Waals surface area contributed by atoms with E-state index in [4.69, 9.17) is 19.2 Å². The summed E-state index contributed by atoms with van der Waals surface area (Å²) in [5.41, 5.74) is 1.11. The Morgan fingerprint density at radius 1 is 1.38 bits per heavy atom. The van der Waals surface area contributed by atoms with Crippen molar-refractivity contribution in [2.45, 2.75) is 13.0 Å². The molecule has 0 fully saturated rings. The van der Waals surface area contributed by atoms with Crippen LogP contribution in [-0.2, 0) is 29.5 Å². The number of aromatic nitrogens is 4. The average molecular weight is 361 g/mol. The van der Waals surface area contributed by atoms with Crippen molar-refractivity contribution in [3.8, 4) is 0 Å². The maximum Gasteiger partial charge on any atom is 0.290 e. The Hall–Kier alpha value is -3.27. The van der Waals surface area contributed by atoms with Crippen LogP contribution < -0.4 is 5.32 Å². The first-order chi connectivity index (χ1) is 12.6. The van der Waals surface area contributed by atoms with E-state index >= 15 is 0 Å². The van der Waals surface area contributed by atoms with Gasteiger partial charge in [0.2, 0.25) is 5.89 Å². The van der Waals surface area contributed by atoms with Gasteiger partial charge < -0.3 is 24.3 Å². The third-order valence-electron chi connectivity index (χ3n) is 3.39. The maximum absolute atomic E-state index is 12.2. The first-order valence-corrected chi connectivity index (χ1v) is 7.67. The molecule has 0 bridgehead atoms. The normalized spacial score (nSPS) is 10.2. The van der Waals surface area contributed by atoms with E-state index in [1.807, 2.05) is 29.9 Å². The fraction of sp³-hybridized carbons (Fsp3) is 0.312. The Morgan fingerprint density at radius 2 is 2.15 bits per heavy atom. The van der Waals surface area contributed by atoms with Crippen molar-refractivity contribution in [3.63, 3.8) is 0 Å². The molecule has 3 heterocycles. The van der Waals surface area contributed by atoms with Gasteiger partial charge in [-0.25, -0.2) is 4.98 Å². The van der Waals surface area contributed by atoms with Crippen LogP contribution >= 0.6 is 0 Å². The molecule has 3 aromatic rings. The van der Waals surface area contributed by atoms with Crippen molar-refractivity contribution >= 4 is 23.4 Å². The molecule has 0 saturated heterocycles. The van der Waals surface area contributed by atoms with Gasteiger partial charge in [0.25, 0.3) is 12.4 Å². The smallest absolute Gasteiger partial charge is 0.290 e. The summed E-state index contributed by atoms with van der Waals surface area (Å²) in [4.78, 5) is 29.1. The summed E-state index contributed by atoms with van der Waals surface area (Å²) in [6, 6.07) is 5.51. The van der Waals surface area contributed by atoms with E-state index in [1.54, 1.807) is 13.2 Å². The van der Waals surface area contributed by atoms with Gasteiger partial charge in [-0.15, -0.1) is 0 Å². The van der Waals surface area contributed by atoms with Crippen molar-refractivity contribution in [2.24, 2.45) is 7.05 Å². The number of ether oxygens (including phenoxy) is 1. The highest BCUT2D eigenvalue weighted by Gasteiger charge is 2.12. The van der Waals surface area contributed by atoms with Crippen LogP contribution in [0, 0.1) is 0 Å². The monoisotopic (exact) mass is 361 g/mol. The maximum atomic E-state index is 12.2. The highest BCUT2D eigenvalue weighted by atomic mass is 16.5. The van der Waals surface area contributed by atoms with Gasteiger partial charge in [0.05, 0.1) is 13.2 Å². The van der Waals surface area contributed by atoms with E-state index in [1.165, 1.54) is 0 Å². The molecule has 1 amide bonds. The van der Waals surface area contributed by atoms with Crippen LogP contribution in [0.1, 0.15) is 22.2 Å². The number of nitrogens with one attached hydrogen (secondary N) is 1. The minimum absolute atomic E-state index is 0.158. The van der Waals surface area contributed by atoms with E-state index in [0.717, 1.165) is 11.0 Å². The number of nitrogens with zero attached hydrogens (tertiary/aromatic N) is 4. The summed E-state index contributed by atoms with van der Waals surface area (Å²) < 4.78 is 11.9. The molecule has 0 unspecified atom stereocenters. The van der Waals surface area contributed by atoms with E-state index in [2.05, 4.69) is 20.4 Å². The van der Waals surface area contributed by atoms with Gasteiger partial charge in [0.1, 0.15) is 11.3 Å². The lowest BCUT2D eigenvalue weighted by Gasteiger charge is -2.03. The molecule has 3 aromatic heterocycles. The first-order valence-electron chi connectivity index (χ1n) is 7.67. The minimum Gasteiger partial charge on any atom is -0.483 e. The Bertz CT molecular complexity index is 873. The van der Waals surface area contributed by atoms with Crippen molar-refractivity contribution in [1.82, 2.24) is 25.0 Å². The number of hydrogen-bond donors (Lipinski definition) is 2. The average Bonchev–Trinajstić information content (AvgIpc) is 3.25. The van der Waals surface area contributed by atoms with Crippen LogP contribution in [0.4, 0.5) is 0 Å². The lowest BCUT2D eigenvalue weighted by atomic mass is 10.3. The summed E-state index contributed by atoms with van der Waals surface area (Å²) >= 11 is 0. The summed E-state index contributed by atoms with van der Waals surface area (Å²) in [6.45, 7) is 0.428.